The number of nitrogens with zero attached hydrogens (tertiary/aromatic N) is 3. The standard InChI is InChI=1S/C16H11FN4O/c1-2-9-22-15-14-13(20-16(18)21-15)8-7-12(19-14)10-3-5-11(17)6-4-10/h1,3-8H,9H2,(H2,18,20,21). The van der Waals surface area contributed by atoms with Gasteiger partial charge in [0.15, 0.2) is 12.1 Å². The van der Waals surface area contributed by atoms with Crippen molar-refractivity contribution >= 4 is 17.0 Å². The number of pyridine rings is 1. The molecule has 0 atom stereocenters. The van der Waals surface area contributed by atoms with Gasteiger partial charge in [-0.05, 0) is 36.4 Å². The van der Waals surface area contributed by atoms with Gasteiger partial charge in [-0.25, -0.2) is 14.4 Å². The minimum atomic E-state index is -0.307. The summed E-state index contributed by atoms with van der Waals surface area (Å²) in [6.07, 6.45) is 5.19. The molecule has 0 saturated carbocycles. The number of aromatic nitrogens is 3. The fourth-order valence-corrected chi connectivity index (χ4v) is 2.00. The lowest BCUT2D eigenvalue weighted by Gasteiger charge is -2.08. The van der Waals surface area contributed by atoms with Gasteiger partial charge in [0.1, 0.15) is 5.82 Å². The molecule has 5 nitrogen and oxygen atoms in total. The summed E-state index contributed by atoms with van der Waals surface area (Å²) in [4.78, 5) is 12.6. The van der Waals surface area contributed by atoms with Crippen molar-refractivity contribution in [3.63, 3.8) is 0 Å². The molecule has 0 aliphatic rings. The van der Waals surface area contributed by atoms with E-state index in [1.54, 1.807) is 24.3 Å². The van der Waals surface area contributed by atoms with E-state index in [0.29, 0.717) is 16.7 Å². The topological polar surface area (TPSA) is 73.9 Å². The lowest BCUT2D eigenvalue weighted by molar-refractivity contribution is 0.359. The second-order valence-electron chi connectivity index (χ2n) is 4.45. The molecule has 0 amide bonds. The maximum absolute atomic E-state index is 13.0. The summed E-state index contributed by atoms with van der Waals surface area (Å²) in [6, 6.07) is 9.55. The van der Waals surface area contributed by atoms with Crippen LogP contribution >= 0.6 is 0 Å². The fraction of sp³-hybridized carbons (Fsp3) is 0.0625. The predicted octanol–water partition coefficient (Wildman–Crippen LogP) is 2.43. The summed E-state index contributed by atoms with van der Waals surface area (Å²) in [5.41, 5.74) is 8.05. The van der Waals surface area contributed by atoms with Gasteiger partial charge in [0.2, 0.25) is 11.8 Å². The molecule has 108 valence electrons. The predicted molar refractivity (Wildman–Crippen MR) is 81.5 cm³/mol. The average molecular weight is 294 g/mol. The van der Waals surface area contributed by atoms with Crippen LogP contribution in [0.2, 0.25) is 0 Å². The van der Waals surface area contributed by atoms with E-state index >= 15 is 0 Å². The Kier molecular flexibility index (Phi) is 3.54. The van der Waals surface area contributed by atoms with Crippen molar-refractivity contribution in [3.05, 3.63) is 42.2 Å². The van der Waals surface area contributed by atoms with E-state index in [-0.39, 0.29) is 24.3 Å². The number of nitrogens with two attached hydrogens (primary N) is 1. The number of rotatable bonds is 3. The van der Waals surface area contributed by atoms with E-state index in [9.17, 15) is 4.39 Å². The Morgan fingerprint density at radius 3 is 2.59 bits per heavy atom. The number of terminal acetylenes is 1. The highest BCUT2D eigenvalue weighted by Crippen LogP contribution is 2.25. The van der Waals surface area contributed by atoms with Crippen molar-refractivity contribution in [2.24, 2.45) is 0 Å². The number of anilines is 1. The van der Waals surface area contributed by atoms with E-state index in [2.05, 4.69) is 20.9 Å². The molecule has 3 aromatic rings. The summed E-state index contributed by atoms with van der Waals surface area (Å²) in [5, 5.41) is 0. The van der Waals surface area contributed by atoms with Gasteiger partial charge in [-0.15, -0.1) is 6.42 Å². The number of ether oxygens (including phenoxy) is 1. The largest absolute Gasteiger partial charge is 0.463 e. The van der Waals surface area contributed by atoms with Gasteiger partial charge in [-0.1, -0.05) is 5.92 Å². The van der Waals surface area contributed by atoms with E-state index in [1.165, 1.54) is 12.1 Å². The monoisotopic (exact) mass is 294 g/mol. The smallest absolute Gasteiger partial charge is 0.246 e. The van der Waals surface area contributed by atoms with Gasteiger partial charge >= 0.3 is 0 Å². The molecule has 0 aliphatic heterocycles. The Balaban J connectivity index is 2.13. The Bertz CT molecular complexity index is 872. The van der Waals surface area contributed by atoms with Crippen LogP contribution in [0.4, 0.5) is 10.3 Å². The van der Waals surface area contributed by atoms with Gasteiger partial charge in [0, 0.05) is 5.56 Å². The number of halogens is 1. The van der Waals surface area contributed by atoms with Crippen LogP contribution in [0.15, 0.2) is 36.4 Å². The molecule has 0 bridgehead atoms. The van der Waals surface area contributed by atoms with E-state index < -0.39 is 0 Å². The highest BCUT2D eigenvalue weighted by Gasteiger charge is 2.11. The quantitative estimate of drug-likeness (QED) is 0.751. The SMILES string of the molecule is C#CCOc1nc(N)nc2ccc(-c3ccc(F)cc3)nc12. The maximum atomic E-state index is 13.0. The molecule has 0 aliphatic carbocycles. The first kappa shape index (κ1) is 13.8. The van der Waals surface area contributed by atoms with Crippen molar-refractivity contribution in [2.75, 3.05) is 12.3 Å². The fourth-order valence-electron chi connectivity index (χ4n) is 2.00. The van der Waals surface area contributed by atoms with Crippen LogP contribution < -0.4 is 10.5 Å². The molecule has 3 rings (SSSR count). The zero-order chi connectivity index (χ0) is 15.5. The highest BCUT2D eigenvalue weighted by atomic mass is 19.1. The average Bonchev–Trinajstić information content (AvgIpc) is 2.53. The number of hydrogen-bond acceptors (Lipinski definition) is 5. The van der Waals surface area contributed by atoms with E-state index in [0.717, 1.165) is 5.56 Å². The van der Waals surface area contributed by atoms with Crippen molar-refractivity contribution < 1.29 is 9.13 Å². The van der Waals surface area contributed by atoms with Crippen molar-refractivity contribution in [1.82, 2.24) is 15.0 Å². The third-order valence-corrected chi connectivity index (χ3v) is 2.96. The van der Waals surface area contributed by atoms with E-state index in [1.807, 2.05) is 0 Å². The molecule has 6 heteroatoms. The Labute approximate surface area is 126 Å². The first-order valence-corrected chi connectivity index (χ1v) is 6.44. The number of hydrogen-bond donors (Lipinski definition) is 1. The summed E-state index contributed by atoms with van der Waals surface area (Å²) in [7, 11) is 0. The lowest BCUT2D eigenvalue weighted by atomic mass is 10.1. The van der Waals surface area contributed by atoms with Gasteiger partial charge in [-0.3, -0.25) is 0 Å². The first-order chi connectivity index (χ1) is 10.7. The van der Waals surface area contributed by atoms with Crippen LogP contribution in [0.5, 0.6) is 5.88 Å². The molecular weight excluding hydrogens is 283 g/mol. The van der Waals surface area contributed by atoms with Crippen LogP contribution in [-0.2, 0) is 0 Å². The molecule has 1 aromatic carbocycles. The van der Waals surface area contributed by atoms with Crippen LogP contribution in [0.25, 0.3) is 22.3 Å². The minimum Gasteiger partial charge on any atom is -0.463 e. The summed E-state index contributed by atoms with van der Waals surface area (Å²) >= 11 is 0. The molecule has 0 radical (unpaired) electrons. The zero-order valence-electron chi connectivity index (χ0n) is 11.5. The lowest BCUT2D eigenvalue weighted by Crippen LogP contribution is -2.03. The van der Waals surface area contributed by atoms with Gasteiger partial charge in [0.05, 0.1) is 11.2 Å². The molecule has 0 fully saturated rings. The Morgan fingerprint density at radius 2 is 1.86 bits per heavy atom. The summed E-state index contributed by atoms with van der Waals surface area (Å²) in [6.45, 7) is 0.0496. The second kappa shape index (κ2) is 5.66. The van der Waals surface area contributed by atoms with Crippen LogP contribution in [-0.4, -0.2) is 21.6 Å². The van der Waals surface area contributed by atoms with E-state index in [4.69, 9.17) is 16.9 Å². The third-order valence-electron chi connectivity index (χ3n) is 2.96. The summed E-state index contributed by atoms with van der Waals surface area (Å²) in [5.74, 6) is 2.36. The minimum absolute atomic E-state index is 0.0496. The van der Waals surface area contributed by atoms with Crippen molar-refractivity contribution in [3.8, 4) is 29.5 Å². The van der Waals surface area contributed by atoms with Gasteiger partial charge in [0.25, 0.3) is 0 Å². The number of benzene rings is 1. The highest BCUT2D eigenvalue weighted by molar-refractivity contribution is 5.83. The van der Waals surface area contributed by atoms with Gasteiger partial charge in [-0.2, -0.15) is 4.98 Å². The van der Waals surface area contributed by atoms with Crippen molar-refractivity contribution in [1.29, 1.82) is 0 Å². The first-order valence-electron chi connectivity index (χ1n) is 6.44. The molecule has 0 spiro atoms. The normalized spacial score (nSPS) is 10.4. The van der Waals surface area contributed by atoms with Gasteiger partial charge < -0.3 is 10.5 Å². The molecule has 0 unspecified atom stereocenters. The summed E-state index contributed by atoms with van der Waals surface area (Å²) < 4.78 is 18.4. The molecule has 22 heavy (non-hydrogen) atoms. The molecule has 0 saturated heterocycles. The Hall–Kier alpha value is -3.20. The molecular formula is C16H11FN4O. The number of fused-ring (bicyclic) bond motifs is 1. The maximum Gasteiger partial charge on any atom is 0.246 e. The van der Waals surface area contributed by atoms with Crippen molar-refractivity contribution in [2.45, 2.75) is 0 Å². The number of nitrogen functional groups attached to an aromatic ring is 1. The van der Waals surface area contributed by atoms with Crippen LogP contribution in [0.1, 0.15) is 0 Å². The molecule has 2 heterocycles. The molecule has 2 aromatic heterocycles. The zero-order valence-corrected chi connectivity index (χ0v) is 11.5. The Morgan fingerprint density at radius 1 is 1.09 bits per heavy atom. The third kappa shape index (κ3) is 2.65. The second-order valence-corrected chi connectivity index (χ2v) is 4.45. The van der Waals surface area contributed by atoms with Crippen LogP contribution in [0.3, 0.4) is 0 Å². The van der Waals surface area contributed by atoms with Crippen LogP contribution in [0, 0.1) is 18.2 Å². The molecule has 2 N–H and O–H groups in total.